The van der Waals surface area contributed by atoms with Crippen LogP contribution in [0.3, 0.4) is 0 Å². The van der Waals surface area contributed by atoms with Gasteiger partial charge in [0.05, 0.1) is 5.69 Å². The van der Waals surface area contributed by atoms with Gasteiger partial charge in [-0.15, -0.1) is 11.3 Å². The number of hydrogen-bond donors (Lipinski definition) is 0. The molecule has 2 heteroatoms. The number of thiophene rings is 1. The van der Waals surface area contributed by atoms with E-state index in [-0.39, 0.29) is 0 Å². The highest BCUT2D eigenvalue weighted by atomic mass is 32.1. The molecule has 0 amide bonds. The average molecular weight is 832 g/mol. The van der Waals surface area contributed by atoms with E-state index >= 15 is 0 Å². The molecule has 0 spiro atoms. The minimum Gasteiger partial charge on any atom is -0.310 e. The second kappa shape index (κ2) is 16.0. The maximum atomic E-state index is 2.42. The van der Waals surface area contributed by atoms with Gasteiger partial charge in [0.25, 0.3) is 0 Å². The summed E-state index contributed by atoms with van der Waals surface area (Å²) in [6, 6.07) is 90.9. The van der Waals surface area contributed by atoms with Gasteiger partial charge >= 0.3 is 0 Å². The quantitative estimate of drug-likeness (QED) is 0.147. The lowest BCUT2D eigenvalue weighted by molar-refractivity contribution is 1.28. The molecule has 1 nitrogen and oxygen atoms in total. The Labute approximate surface area is 377 Å². The van der Waals surface area contributed by atoms with Crippen molar-refractivity contribution in [2.45, 2.75) is 0 Å². The van der Waals surface area contributed by atoms with Crippen LogP contribution in [0.1, 0.15) is 0 Å². The van der Waals surface area contributed by atoms with Crippen molar-refractivity contribution < 1.29 is 0 Å². The van der Waals surface area contributed by atoms with Gasteiger partial charge in [0.15, 0.2) is 0 Å². The van der Waals surface area contributed by atoms with Crippen molar-refractivity contribution >= 4 is 70.1 Å². The highest BCUT2D eigenvalue weighted by Crippen LogP contribution is 2.46. The lowest BCUT2D eigenvalue weighted by atomic mass is 9.95. The molecule has 0 saturated heterocycles. The van der Waals surface area contributed by atoms with Crippen LogP contribution in [0.5, 0.6) is 0 Å². The lowest BCUT2D eigenvalue weighted by Gasteiger charge is -2.28. The molecule has 0 N–H and O–H groups in total. The number of fused-ring (bicyclic) bond motifs is 5. The van der Waals surface area contributed by atoms with Crippen molar-refractivity contribution in [3.05, 3.63) is 249 Å². The van der Waals surface area contributed by atoms with Gasteiger partial charge in [0.2, 0.25) is 0 Å². The van der Waals surface area contributed by atoms with E-state index in [1.54, 1.807) is 0 Å². The summed E-state index contributed by atoms with van der Waals surface area (Å²) in [5.74, 6) is 0. The maximum absolute atomic E-state index is 2.42. The molecule has 1 aromatic heterocycles. The van der Waals surface area contributed by atoms with Crippen LogP contribution in [0.2, 0.25) is 0 Å². The molecule has 0 unspecified atom stereocenters. The second-order valence-electron chi connectivity index (χ2n) is 16.5. The molecule has 0 atom stereocenters. The Kier molecular flexibility index (Phi) is 9.43. The van der Waals surface area contributed by atoms with Crippen LogP contribution in [0, 0.1) is 0 Å². The lowest BCUT2D eigenvalue weighted by Crippen LogP contribution is -2.11. The number of benzene rings is 11. The molecule has 0 aliphatic rings. The van der Waals surface area contributed by atoms with Crippen LogP contribution in [-0.4, -0.2) is 0 Å². The Morgan fingerprint density at radius 2 is 0.719 bits per heavy atom. The fourth-order valence-electron chi connectivity index (χ4n) is 9.47. The monoisotopic (exact) mass is 831 g/mol. The van der Waals surface area contributed by atoms with E-state index < -0.39 is 0 Å². The van der Waals surface area contributed by atoms with E-state index in [0.29, 0.717) is 0 Å². The summed E-state index contributed by atoms with van der Waals surface area (Å²) < 4.78 is 2.60. The zero-order valence-electron chi connectivity index (χ0n) is 35.0. The third-order valence-electron chi connectivity index (χ3n) is 12.7. The summed E-state index contributed by atoms with van der Waals surface area (Å²) in [5, 5.41) is 7.65. The first-order chi connectivity index (χ1) is 31.7. The van der Waals surface area contributed by atoms with Crippen molar-refractivity contribution in [3.63, 3.8) is 0 Å². The first-order valence-corrected chi connectivity index (χ1v) is 22.7. The Morgan fingerprint density at radius 3 is 1.42 bits per heavy atom. The Hall–Kier alpha value is -8.04. The van der Waals surface area contributed by atoms with Crippen molar-refractivity contribution in [1.82, 2.24) is 0 Å². The highest BCUT2D eigenvalue weighted by molar-refractivity contribution is 7.25. The van der Waals surface area contributed by atoms with Crippen molar-refractivity contribution in [3.8, 4) is 55.6 Å². The number of nitrogens with zero attached hydrogens (tertiary/aromatic N) is 1. The van der Waals surface area contributed by atoms with Crippen molar-refractivity contribution in [2.75, 3.05) is 4.90 Å². The Balaban J connectivity index is 0.921. The van der Waals surface area contributed by atoms with Gasteiger partial charge in [0, 0.05) is 37.1 Å². The summed E-state index contributed by atoms with van der Waals surface area (Å²) in [6.45, 7) is 0. The minimum atomic E-state index is 1.10. The number of hydrogen-bond acceptors (Lipinski definition) is 2. The highest BCUT2D eigenvalue weighted by Gasteiger charge is 2.20. The van der Waals surface area contributed by atoms with Crippen LogP contribution in [-0.2, 0) is 0 Å². The topological polar surface area (TPSA) is 3.24 Å². The summed E-state index contributed by atoms with van der Waals surface area (Å²) in [4.78, 5) is 2.42. The number of rotatable bonds is 8. The van der Waals surface area contributed by atoms with E-state index in [2.05, 4.69) is 254 Å². The predicted octanol–water partition coefficient (Wildman–Crippen LogP) is 18.2. The Morgan fingerprint density at radius 1 is 0.266 bits per heavy atom. The molecular weight excluding hydrogens is 791 g/mol. The first kappa shape index (κ1) is 37.7. The molecule has 11 aromatic carbocycles. The van der Waals surface area contributed by atoms with Gasteiger partial charge in [0.1, 0.15) is 0 Å². The SMILES string of the molecule is c1ccc(N(c2ccc(-c3ccc(-c4ccc5ccccc5c4)cc3)cc2)c2ccc(-c3ccc(-c4cccc5ccccc45)cc3)cc2)c(-c2cccc3sc4ccccc4c23)c1. The van der Waals surface area contributed by atoms with Crippen LogP contribution in [0.15, 0.2) is 249 Å². The Bertz CT molecular complexity index is 3630. The number of anilines is 3. The van der Waals surface area contributed by atoms with E-state index in [4.69, 9.17) is 0 Å². The molecule has 1 heterocycles. The molecule has 0 bridgehead atoms. The van der Waals surface area contributed by atoms with Crippen LogP contribution in [0.4, 0.5) is 17.1 Å². The second-order valence-corrected chi connectivity index (χ2v) is 17.6. The van der Waals surface area contributed by atoms with Gasteiger partial charge < -0.3 is 4.90 Å². The smallest absolute Gasteiger partial charge is 0.0540 e. The van der Waals surface area contributed by atoms with Gasteiger partial charge in [-0.1, -0.05) is 200 Å². The zero-order valence-corrected chi connectivity index (χ0v) is 35.8. The standard InChI is InChI=1S/C62H41NS/c1-2-13-50-41-51(32-29-42(50)11-1)47-25-23-43(24-26-47)45-33-37-52(38-34-45)63(59-20-7-5-16-56(59)57-19-10-22-61-62(57)58-17-6-8-21-60(58)64-61)53-39-35-46(36-40-53)44-27-30-49(31-28-44)55-18-9-14-48-12-3-4-15-54(48)55/h1-41H. The summed E-state index contributed by atoms with van der Waals surface area (Å²) in [7, 11) is 0. The zero-order chi connectivity index (χ0) is 42.4. The molecular formula is C62H41NS. The molecule has 64 heavy (non-hydrogen) atoms. The van der Waals surface area contributed by atoms with Gasteiger partial charge in [-0.3, -0.25) is 0 Å². The third-order valence-corrected chi connectivity index (χ3v) is 13.8. The van der Waals surface area contributed by atoms with Crippen LogP contribution < -0.4 is 4.90 Å². The fourth-order valence-corrected chi connectivity index (χ4v) is 10.6. The van der Waals surface area contributed by atoms with Crippen molar-refractivity contribution in [2.24, 2.45) is 0 Å². The predicted molar refractivity (Wildman–Crippen MR) is 276 cm³/mol. The van der Waals surface area contributed by atoms with E-state index in [9.17, 15) is 0 Å². The van der Waals surface area contributed by atoms with Gasteiger partial charge in [-0.05, 0) is 120 Å². The molecule has 12 aromatic rings. The van der Waals surface area contributed by atoms with E-state index in [0.717, 1.165) is 17.1 Å². The fraction of sp³-hybridized carbons (Fsp3) is 0. The summed E-state index contributed by atoms with van der Waals surface area (Å²) >= 11 is 1.86. The minimum absolute atomic E-state index is 1.10. The van der Waals surface area contributed by atoms with Crippen LogP contribution >= 0.6 is 11.3 Å². The van der Waals surface area contributed by atoms with Crippen LogP contribution in [0.25, 0.3) is 97.4 Å². The molecule has 0 saturated carbocycles. The molecule has 0 radical (unpaired) electrons. The largest absolute Gasteiger partial charge is 0.310 e. The molecule has 300 valence electrons. The molecule has 0 fully saturated rings. The molecule has 12 rings (SSSR count). The summed E-state index contributed by atoms with van der Waals surface area (Å²) in [5.41, 5.74) is 15.4. The van der Waals surface area contributed by atoms with E-state index in [1.807, 2.05) is 11.3 Å². The molecule has 0 aliphatic carbocycles. The van der Waals surface area contributed by atoms with Gasteiger partial charge in [-0.25, -0.2) is 0 Å². The average Bonchev–Trinajstić information content (AvgIpc) is 3.76. The third kappa shape index (κ3) is 6.82. The first-order valence-electron chi connectivity index (χ1n) is 21.9. The van der Waals surface area contributed by atoms with Gasteiger partial charge in [-0.2, -0.15) is 0 Å². The number of para-hydroxylation sites is 1. The molecule has 0 aliphatic heterocycles. The summed E-state index contributed by atoms with van der Waals surface area (Å²) in [6.07, 6.45) is 0. The normalized spacial score (nSPS) is 11.4. The maximum Gasteiger partial charge on any atom is 0.0540 e. The van der Waals surface area contributed by atoms with Crippen molar-refractivity contribution in [1.29, 1.82) is 0 Å². The van der Waals surface area contributed by atoms with E-state index in [1.165, 1.54) is 97.4 Å².